The van der Waals surface area contributed by atoms with Crippen molar-refractivity contribution in [2.24, 2.45) is 0 Å². The minimum absolute atomic E-state index is 0.671. The summed E-state index contributed by atoms with van der Waals surface area (Å²) in [6, 6.07) is 8.38. The molecule has 2 aromatic heterocycles. The van der Waals surface area contributed by atoms with Crippen molar-refractivity contribution >= 4 is 16.7 Å². The predicted octanol–water partition coefficient (Wildman–Crippen LogP) is 2.15. The Hall–Kier alpha value is -2.47. The number of benzene rings is 1. The number of rotatable bonds is 4. The fourth-order valence-corrected chi connectivity index (χ4v) is 3.36. The Balaban J connectivity index is 1.62. The van der Waals surface area contributed by atoms with Gasteiger partial charge in [0.1, 0.15) is 12.1 Å². The number of anilines is 1. The molecule has 1 aliphatic rings. The fraction of sp³-hybridized carbons (Fsp3) is 0.389. The number of nitrogens with zero attached hydrogens (tertiary/aromatic N) is 4. The van der Waals surface area contributed by atoms with Crippen molar-refractivity contribution in [2.45, 2.75) is 32.9 Å². The highest BCUT2D eigenvalue weighted by atomic mass is 15.3. The van der Waals surface area contributed by atoms with Crippen LogP contribution in [-0.2, 0) is 25.9 Å². The number of nitrogens with one attached hydrogen (secondary N) is 2. The fourth-order valence-electron chi connectivity index (χ4n) is 3.36. The molecule has 0 radical (unpaired) electrons. The van der Waals surface area contributed by atoms with Crippen molar-refractivity contribution in [3.05, 3.63) is 47.5 Å². The second kappa shape index (κ2) is 6.57. The molecule has 1 aliphatic heterocycles. The van der Waals surface area contributed by atoms with Crippen LogP contribution in [0.1, 0.15) is 23.9 Å². The average Bonchev–Trinajstić information content (AvgIpc) is 2.80. The zero-order valence-electron chi connectivity index (χ0n) is 13.9. The molecule has 3 aromatic rings. The van der Waals surface area contributed by atoms with Crippen LogP contribution >= 0.6 is 0 Å². The molecule has 124 valence electrons. The van der Waals surface area contributed by atoms with E-state index in [-0.39, 0.29) is 0 Å². The number of aryl methyl sites for hydroxylation is 1. The maximum absolute atomic E-state index is 4.75. The maximum atomic E-state index is 4.75. The molecule has 0 atom stereocenters. The van der Waals surface area contributed by atoms with Gasteiger partial charge >= 0.3 is 0 Å². The van der Waals surface area contributed by atoms with E-state index in [0.717, 1.165) is 49.7 Å². The first-order valence-electron chi connectivity index (χ1n) is 8.58. The van der Waals surface area contributed by atoms with Gasteiger partial charge in [0, 0.05) is 30.5 Å². The third-order valence-electron chi connectivity index (χ3n) is 4.58. The van der Waals surface area contributed by atoms with Crippen LogP contribution in [0.15, 0.2) is 30.6 Å². The summed E-state index contributed by atoms with van der Waals surface area (Å²) in [5.74, 6) is 0.943. The lowest BCUT2D eigenvalue weighted by Crippen LogP contribution is -2.16. The molecule has 6 heteroatoms. The Kier molecular flexibility index (Phi) is 4.13. The number of para-hydroxylation sites is 1. The van der Waals surface area contributed by atoms with Crippen LogP contribution in [0.25, 0.3) is 10.9 Å². The molecular formula is C18H22N6. The van der Waals surface area contributed by atoms with Crippen LogP contribution in [0.3, 0.4) is 0 Å². The van der Waals surface area contributed by atoms with Crippen LogP contribution < -0.4 is 10.6 Å². The first kappa shape index (κ1) is 15.1. The summed E-state index contributed by atoms with van der Waals surface area (Å²) in [5.41, 5.74) is 4.64. The number of hydrogen-bond acceptors (Lipinski definition) is 5. The minimum atomic E-state index is 0.671. The largest absolute Gasteiger partial charge is 0.364 e. The van der Waals surface area contributed by atoms with E-state index in [1.165, 1.54) is 16.5 Å². The van der Waals surface area contributed by atoms with E-state index < -0.39 is 0 Å². The van der Waals surface area contributed by atoms with Crippen molar-refractivity contribution in [2.75, 3.05) is 18.4 Å². The number of fused-ring (bicyclic) bond motifs is 2. The van der Waals surface area contributed by atoms with Gasteiger partial charge in [-0.3, -0.25) is 4.68 Å². The Labute approximate surface area is 141 Å². The summed E-state index contributed by atoms with van der Waals surface area (Å²) >= 11 is 0. The van der Waals surface area contributed by atoms with E-state index in [1.807, 2.05) is 0 Å². The van der Waals surface area contributed by atoms with Crippen LogP contribution in [0.5, 0.6) is 0 Å². The summed E-state index contributed by atoms with van der Waals surface area (Å²) in [6.07, 6.45) is 3.58. The first-order chi connectivity index (χ1) is 11.9. The van der Waals surface area contributed by atoms with Crippen LogP contribution in [0.4, 0.5) is 5.82 Å². The molecule has 0 spiro atoms. The average molecular weight is 322 g/mol. The van der Waals surface area contributed by atoms with Crippen molar-refractivity contribution in [3.8, 4) is 0 Å². The van der Waals surface area contributed by atoms with Gasteiger partial charge in [0.25, 0.3) is 0 Å². The van der Waals surface area contributed by atoms with Crippen molar-refractivity contribution in [1.29, 1.82) is 0 Å². The molecule has 0 bridgehead atoms. The Morgan fingerprint density at radius 3 is 2.96 bits per heavy atom. The topological polar surface area (TPSA) is 67.7 Å². The second-order valence-corrected chi connectivity index (χ2v) is 6.03. The minimum Gasteiger partial charge on any atom is -0.364 e. The molecule has 0 saturated heterocycles. The van der Waals surface area contributed by atoms with Gasteiger partial charge in [-0.2, -0.15) is 5.10 Å². The predicted molar refractivity (Wildman–Crippen MR) is 95.0 cm³/mol. The highest BCUT2D eigenvalue weighted by Crippen LogP contribution is 2.22. The van der Waals surface area contributed by atoms with Gasteiger partial charge in [-0.15, -0.1) is 0 Å². The summed E-state index contributed by atoms with van der Waals surface area (Å²) in [6.45, 7) is 5.62. The summed E-state index contributed by atoms with van der Waals surface area (Å²) in [7, 11) is 0. The molecule has 6 nitrogen and oxygen atoms in total. The number of hydrogen-bond donors (Lipinski definition) is 2. The lowest BCUT2D eigenvalue weighted by molar-refractivity contribution is 0.670. The molecule has 24 heavy (non-hydrogen) atoms. The van der Waals surface area contributed by atoms with E-state index in [4.69, 9.17) is 5.10 Å². The molecule has 1 aromatic carbocycles. The SMILES string of the molecule is CCn1nc(CNc2ncnc3c2CCNCC3)c2ccccc21. The van der Waals surface area contributed by atoms with Gasteiger partial charge in [0.2, 0.25) is 0 Å². The molecule has 0 amide bonds. The lowest BCUT2D eigenvalue weighted by atomic mass is 10.1. The molecule has 4 rings (SSSR count). The molecule has 2 N–H and O–H groups in total. The normalized spacial score (nSPS) is 14.4. The van der Waals surface area contributed by atoms with Crippen LogP contribution in [-0.4, -0.2) is 32.8 Å². The van der Waals surface area contributed by atoms with Gasteiger partial charge < -0.3 is 10.6 Å². The molecule has 3 heterocycles. The van der Waals surface area contributed by atoms with E-state index in [0.29, 0.717) is 6.54 Å². The molecular weight excluding hydrogens is 300 g/mol. The van der Waals surface area contributed by atoms with Crippen molar-refractivity contribution < 1.29 is 0 Å². The lowest BCUT2D eigenvalue weighted by Gasteiger charge is -2.11. The zero-order chi connectivity index (χ0) is 16.4. The molecule has 0 fully saturated rings. The molecule has 0 saturated carbocycles. The Morgan fingerprint density at radius 2 is 2.04 bits per heavy atom. The van der Waals surface area contributed by atoms with Crippen LogP contribution in [0, 0.1) is 0 Å². The zero-order valence-corrected chi connectivity index (χ0v) is 13.9. The summed E-state index contributed by atoms with van der Waals surface area (Å²) < 4.78 is 2.05. The summed E-state index contributed by atoms with van der Waals surface area (Å²) in [5, 5.41) is 12.9. The van der Waals surface area contributed by atoms with E-state index in [2.05, 4.69) is 56.5 Å². The monoisotopic (exact) mass is 322 g/mol. The Bertz CT molecular complexity index is 854. The van der Waals surface area contributed by atoms with Gasteiger partial charge in [-0.25, -0.2) is 9.97 Å². The quantitative estimate of drug-likeness (QED) is 0.770. The Morgan fingerprint density at radius 1 is 1.17 bits per heavy atom. The van der Waals surface area contributed by atoms with Crippen molar-refractivity contribution in [3.63, 3.8) is 0 Å². The molecule has 0 aliphatic carbocycles. The van der Waals surface area contributed by atoms with Gasteiger partial charge in [-0.1, -0.05) is 18.2 Å². The van der Waals surface area contributed by atoms with Crippen molar-refractivity contribution in [1.82, 2.24) is 25.1 Å². The van der Waals surface area contributed by atoms with E-state index in [1.54, 1.807) is 6.33 Å². The molecule has 0 unspecified atom stereocenters. The maximum Gasteiger partial charge on any atom is 0.133 e. The third-order valence-corrected chi connectivity index (χ3v) is 4.58. The highest BCUT2D eigenvalue weighted by Gasteiger charge is 2.15. The standard InChI is InChI=1S/C18H22N6/c1-2-24-17-6-4-3-5-13(17)16(23-24)11-20-18-14-7-9-19-10-8-15(14)21-12-22-18/h3-6,12,19H,2,7-11H2,1H3,(H,20,21,22). The van der Waals surface area contributed by atoms with Gasteiger partial charge in [0.15, 0.2) is 0 Å². The smallest absolute Gasteiger partial charge is 0.133 e. The van der Waals surface area contributed by atoms with E-state index in [9.17, 15) is 0 Å². The van der Waals surface area contributed by atoms with E-state index >= 15 is 0 Å². The summed E-state index contributed by atoms with van der Waals surface area (Å²) in [4.78, 5) is 8.92. The number of aromatic nitrogens is 4. The van der Waals surface area contributed by atoms with Crippen LogP contribution in [0.2, 0.25) is 0 Å². The van der Waals surface area contributed by atoms with Gasteiger partial charge in [-0.05, 0) is 26.0 Å². The highest BCUT2D eigenvalue weighted by molar-refractivity contribution is 5.82. The second-order valence-electron chi connectivity index (χ2n) is 6.03. The van der Waals surface area contributed by atoms with Gasteiger partial charge in [0.05, 0.1) is 23.4 Å². The first-order valence-corrected chi connectivity index (χ1v) is 8.58. The third kappa shape index (κ3) is 2.73.